The first-order chi connectivity index (χ1) is 8.69. The minimum absolute atomic E-state index is 0.366. The maximum absolute atomic E-state index is 10.9. The molecule has 3 nitrogen and oxygen atoms in total. The van der Waals surface area contributed by atoms with Gasteiger partial charge in [0.1, 0.15) is 0 Å². The zero-order chi connectivity index (χ0) is 13.0. The molecule has 0 heterocycles. The fourth-order valence-electron chi connectivity index (χ4n) is 2.02. The van der Waals surface area contributed by atoms with Crippen LogP contribution in [0.2, 0.25) is 0 Å². The highest BCUT2D eigenvalue weighted by Gasteiger charge is 2.10. The Morgan fingerprint density at radius 2 is 2.28 bits per heavy atom. The van der Waals surface area contributed by atoms with Crippen LogP contribution in [0, 0.1) is 0 Å². The summed E-state index contributed by atoms with van der Waals surface area (Å²) in [5, 5.41) is 9.45. The molecular formula is C15H16O3. The first kappa shape index (κ1) is 12.4. The molecule has 0 saturated carbocycles. The Bertz CT molecular complexity index is 500. The second-order valence-corrected chi connectivity index (χ2v) is 4.30. The quantitative estimate of drug-likeness (QED) is 0.654. The Hall–Kier alpha value is -2.03. The van der Waals surface area contributed by atoms with Gasteiger partial charge in [0.15, 0.2) is 0 Å². The standard InChI is InChI=1S/C15H16O3/c1-2-15(17)18-8-7-11-3-4-13-10-14(16)6-5-12(13)9-11/h2-4,6,9,16H,1,5,7-8,10H2. The number of aliphatic hydroxyl groups is 1. The van der Waals surface area contributed by atoms with Crippen LogP contribution in [0.4, 0.5) is 0 Å². The number of carbonyl (C=O) groups excluding carboxylic acids is 1. The van der Waals surface area contributed by atoms with E-state index in [4.69, 9.17) is 4.74 Å². The van der Waals surface area contributed by atoms with Gasteiger partial charge in [-0.15, -0.1) is 0 Å². The Labute approximate surface area is 106 Å². The summed E-state index contributed by atoms with van der Waals surface area (Å²) in [6, 6.07) is 6.16. The molecule has 0 unspecified atom stereocenters. The molecule has 1 aromatic rings. The van der Waals surface area contributed by atoms with Gasteiger partial charge in [-0.1, -0.05) is 24.8 Å². The summed E-state index contributed by atoms with van der Waals surface area (Å²) < 4.78 is 4.95. The summed E-state index contributed by atoms with van der Waals surface area (Å²) in [7, 11) is 0. The molecule has 3 heteroatoms. The van der Waals surface area contributed by atoms with E-state index in [0.29, 0.717) is 25.2 Å². The molecule has 0 radical (unpaired) electrons. The van der Waals surface area contributed by atoms with Gasteiger partial charge >= 0.3 is 5.97 Å². The molecule has 94 valence electrons. The second kappa shape index (κ2) is 5.54. The number of fused-ring (bicyclic) bond motifs is 1. The maximum atomic E-state index is 10.9. The number of ether oxygens (including phenoxy) is 1. The van der Waals surface area contributed by atoms with Crippen molar-refractivity contribution in [1.82, 2.24) is 0 Å². The average Bonchev–Trinajstić information content (AvgIpc) is 2.38. The van der Waals surface area contributed by atoms with Crippen molar-refractivity contribution < 1.29 is 14.6 Å². The van der Waals surface area contributed by atoms with Gasteiger partial charge < -0.3 is 9.84 Å². The van der Waals surface area contributed by atoms with Crippen LogP contribution in [-0.4, -0.2) is 17.7 Å². The van der Waals surface area contributed by atoms with Crippen molar-refractivity contribution in [3.05, 3.63) is 59.4 Å². The highest BCUT2D eigenvalue weighted by atomic mass is 16.5. The molecule has 18 heavy (non-hydrogen) atoms. The molecule has 2 rings (SSSR count). The molecule has 1 N–H and O–H groups in total. The maximum Gasteiger partial charge on any atom is 0.330 e. The Kier molecular flexibility index (Phi) is 3.82. The van der Waals surface area contributed by atoms with E-state index in [0.717, 1.165) is 12.0 Å². The lowest BCUT2D eigenvalue weighted by molar-refractivity contribution is -0.137. The summed E-state index contributed by atoms with van der Waals surface area (Å²) in [4.78, 5) is 10.9. The van der Waals surface area contributed by atoms with Crippen LogP contribution in [-0.2, 0) is 28.8 Å². The molecule has 0 aromatic heterocycles. The van der Waals surface area contributed by atoms with Gasteiger partial charge in [0.25, 0.3) is 0 Å². The summed E-state index contributed by atoms with van der Waals surface area (Å²) in [6.45, 7) is 3.71. The van der Waals surface area contributed by atoms with Crippen molar-refractivity contribution in [1.29, 1.82) is 0 Å². The molecule has 0 fully saturated rings. The zero-order valence-corrected chi connectivity index (χ0v) is 10.2. The lowest BCUT2D eigenvalue weighted by Crippen LogP contribution is -2.07. The third kappa shape index (κ3) is 3.00. The van der Waals surface area contributed by atoms with Crippen molar-refractivity contribution in [2.75, 3.05) is 6.61 Å². The van der Waals surface area contributed by atoms with Gasteiger partial charge in [0, 0.05) is 18.9 Å². The third-order valence-electron chi connectivity index (χ3n) is 3.00. The second-order valence-electron chi connectivity index (χ2n) is 4.30. The third-order valence-corrected chi connectivity index (χ3v) is 3.00. The molecule has 0 spiro atoms. The predicted molar refractivity (Wildman–Crippen MR) is 69.4 cm³/mol. The summed E-state index contributed by atoms with van der Waals surface area (Å²) >= 11 is 0. The highest BCUT2D eigenvalue weighted by molar-refractivity contribution is 5.81. The smallest absolute Gasteiger partial charge is 0.330 e. The lowest BCUT2D eigenvalue weighted by atomic mass is 9.93. The molecule has 0 amide bonds. The molecule has 0 bridgehead atoms. The first-order valence-corrected chi connectivity index (χ1v) is 5.97. The van der Waals surface area contributed by atoms with Gasteiger partial charge in [0.2, 0.25) is 0 Å². The van der Waals surface area contributed by atoms with Gasteiger partial charge in [-0.2, -0.15) is 0 Å². The van der Waals surface area contributed by atoms with E-state index in [9.17, 15) is 9.90 Å². The SMILES string of the molecule is C=CC(=O)OCCc1ccc2c(c1)CC=C(O)C2. The molecular weight excluding hydrogens is 228 g/mol. The fourth-order valence-corrected chi connectivity index (χ4v) is 2.02. The van der Waals surface area contributed by atoms with Crippen LogP contribution in [0.5, 0.6) is 0 Å². The Morgan fingerprint density at radius 1 is 1.44 bits per heavy atom. The molecule has 1 aliphatic rings. The monoisotopic (exact) mass is 244 g/mol. The minimum Gasteiger partial charge on any atom is -0.512 e. The van der Waals surface area contributed by atoms with Crippen molar-refractivity contribution in [3.8, 4) is 0 Å². The van der Waals surface area contributed by atoms with Crippen molar-refractivity contribution in [2.45, 2.75) is 19.3 Å². The number of allylic oxidation sites excluding steroid dienone is 2. The lowest BCUT2D eigenvalue weighted by Gasteiger charge is -2.14. The summed E-state index contributed by atoms with van der Waals surface area (Å²) in [5.41, 5.74) is 3.54. The van der Waals surface area contributed by atoms with Crippen LogP contribution < -0.4 is 0 Å². The van der Waals surface area contributed by atoms with Crippen molar-refractivity contribution in [2.24, 2.45) is 0 Å². The molecule has 0 saturated heterocycles. The van der Waals surface area contributed by atoms with Crippen LogP contribution in [0.25, 0.3) is 0 Å². The van der Waals surface area contributed by atoms with Crippen LogP contribution in [0.15, 0.2) is 42.7 Å². The number of hydrogen-bond acceptors (Lipinski definition) is 3. The highest BCUT2D eigenvalue weighted by Crippen LogP contribution is 2.21. The van der Waals surface area contributed by atoms with Gasteiger partial charge in [-0.25, -0.2) is 4.79 Å². The van der Waals surface area contributed by atoms with Gasteiger partial charge in [-0.3, -0.25) is 0 Å². The van der Waals surface area contributed by atoms with E-state index in [2.05, 4.69) is 12.6 Å². The number of esters is 1. The van der Waals surface area contributed by atoms with E-state index < -0.39 is 0 Å². The molecule has 1 aliphatic carbocycles. The van der Waals surface area contributed by atoms with Crippen LogP contribution >= 0.6 is 0 Å². The number of hydrogen-bond donors (Lipinski definition) is 1. The number of aliphatic hydroxyl groups excluding tert-OH is 1. The first-order valence-electron chi connectivity index (χ1n) is 5.97. The fraction of sp³-hybridized carbons (Fsp3) is 0.267. The van der Waals surface area contributed by atoms with Crippen LogP contribution in [0.1, 0.15) is 16.7 Å². The predicted octanol–water partition coefficient (Wildman–Crippen LogP) is 2.50. The van der Waals surface area contributed by atoms with E-state index in [1.165, 1.54) is 17.2 Å². The largest absolute Gasteiger partial charge is 0.512 e. The van der Waals surface area contributed by atoms with E-state index in [1.807, 2.05) is 18.2 Å². The molecule has 0 atom stereocenters. The number of benzene rings is 1. The van der Waals surface area contributed by atoms with E-state index in [1.54, 1.807) is 0 Å². The number of carbonyl (C=O) groups is 1. The molecule has 0 aliphatic heterocycles. The summed E-state index contributed by atoms with van der Waals surface area (Å²) in [6.07, 6.45) is 5.08. The van der Waals surface area contributed by atoms with Crippen LogP contribution in [0.3, 0.4) is 0 Å². The van der Waals surface area contributed by atoms with Crippen molar-refractivity contribution in [3.63, 3.8) is 0 Å². The van der Waals surface area contributed by atoms with E-state index in [-0.39, 0.29) is 5.97 Å². The number of rotatable bonds is 4. The van der Waals surface area contributed by atoms with Crippen molar-refractivity contribution >= 4 is 5.97 Å². The van der Waals surface area contributed by atoms with Gasteiger partial charge in [-0.05, 0) is 29.2 Å². The minimum atomic E-state index is -0.388. The van der Waals surface area contributed by atoms with Gasteiger partial charge in [0.05, 0.1) is 12.4 Å². The Morgan fingerprint density at radius 3 is 3.06 bits per heavy atom. The Balaban J connectivity index is 1.96. The topological polar surface area (TPSA) is 46.5 Å². The summed E-state index contributed by atoms with van der Waals surface area (Å²) in [5.74, 6) is 0.0518. The average molecular weight is 244 g/mol. The normalized spacial score (nSPS) is 13.4. The molecule has 1 aromatic carbocycles. The van der Waals surface area contributed by atoms with E-state index >= 15 is 0 Å². The zero-order valence-electron chi connectivity index (χ0n) is 10.2.